The molecule has 1 N–H and O–H groups in total. The first kappa shape index (κ1) is 14.0. The van der Waals surface area contributed by atoms with Gasteiger partial charge in [0.2, 0.25) is 11.6 Å². The van der Waals surface area contributed by atoms with E-state index in [4.69, 9.17) is 4.74 Å². The van der Waals surface area contributed by atoms with Gasteiger partial charge in [0.15, 0.2) is 0 Å². The molecule has 0 atom stereocenters. The molecule has 114 valence electrons. The molecule has 1 aromatic heterocycles. The van der Waals surface area contributed by atoms with Gasteiger partial charge in [0, 0.05) is 39.3 Å². The average Bonchev–Trinajstić information content (AvgIpc) is 2.55. The van der Waals surface area contributed by atoms with Crippen molar-refractivity contribution in [2.24, 2.45) is 0 Å². The van der Waals surface area contributed by atoms with E-state index in [2.05, 4.69) is 15.3 Å². The van der Waals surface area contributed by atoms with Crippen molar-refractivity contribution < 1.29 is 9.66 Å². The number of hydrogen-bond donors (Lipinski definition) is 1. The van der Waals surface area contributed by atoms with Crippen molar-refractivity contribution >= 4 is 17.3 Å². The van der Waals surface area contributed by atoms with Gasteiger partial charge < -0.3 is 19.9 Å². The fraction of sp³-hybridized carbons (Fsp3) is 0.667. The predicted octanol–water partition coefficient (Wildman–Crippen LogP) is -0.369. The third-order valence-corrected chi connectivity index (χ3v) is 3.69. The smallest absolute Gasteiger partial charge is 0.353 e. The molecule has 9 heteroatoms. The lowest BCUT2D eigenvalue weighted by molar-refractivity contribution is -0.383. The number of nitrogens with zero attached hydrogens (tertiary/aromatic N) is 5. The van der Waals surface area contributed by atoms with Crippen LogP contribution in [0.25, 0.3) is 0 Å². The van der Waals surface area contributed by atoms with Crippen LogP contribution in [-0.2, 0) is 4.74 Å². The van der Waals surface area contributed by atoms with E-state index in [0.717, 1.165) is 13.1 Å². The minimum absolute atomic E-state index is 0.00120. The molecule has 0 amide bonds. The lowest BCUT2D eigenvalue weighted by Gasteiger charge is -2.30. The average molecular weight is 294 g/mol. The Morgan fingerprint density at radius 3 is 2.24 bits per heavy atom. The lowest BCUT2D eigenvalue weighted by atomic mass is 10.3. The Labute approximate surface area is 122 Å². The van der Waals surface area contributed by atoms with Crippen LogP contribution in [0.2, 0.25) is 0 Å². The van der Waals surface area contributed by atoms with Crippen LogP contribution >= 0.6 is 0 Å². The van der Waals surface area contributed by atoms with Crippen molar-refractivity contribution in [2.75, 3.05) is 62.3 Å². The third-order valence-electron chi connectivity index (χ3n) is 3.69. The van der Waals surface area contributed by atoms with Crippen LogP contribution in [0, 0.1) is 10.1 Å². The maximum atomic E-state index is 11.6. The van der Waals surface area contributed by atoms with Gasteiger partial charge in [0.25, 0.3) is 0 Å². The molecule has 2 aliphatic heterocycles. The minimum Gasteiger partial charge on any atom is -0.378 e. The highest BCUT2D eigenvalue weighted by atomic mass is 16.6. The third kappa shape index (κ3) is 2.88. The molecule has 9 nitrogen and oxygen atoms in total. The number of nitro groups is 1. The Morgan fingerprint density at radius 1 is 1.10 bits per heavy atom. The van der Waals surface area contributed by atoms with Crippen LogP contribution in [0.5, 0.6) is 0 Å². The molecule has 0 aliphatic carbocycles. The summed E-state index contributed by atoms with van der Waals surface area (Å²) in [6.45, 7) is 5.36. The van der Waals surface area contributed by atoms with Crippen LogP contribution < -0.4 is 15.1 Å². The van der Waals surface area contributed by atoms with Gasteiger partial charge in [0.05, 0.1) is 18.1 Å². The van der Waals surface area contributed by atoms with E-state index in [0.29, 0.717) is 51.0 Å². The Morgan fingerprint density at radius 2 is 1.67 bits per heavy atom. The summed E-state index contributed by atoms with van der Waals surface area (Å²) >= 11 is 0. The second-order valence-corrected chi connectivity index (χ2v) is 4.96. The summed E-state index contributed by atoms with van der Waals surface area (Å²) in [6, 6.07) is 0. The van der Waals surface area contributed by atoms with Gasteiger partial charge in [-0.15, -0.1) is 0 Å². The molecule has 2 aliphatic rings. The fourth-order valence-corrected chi connectivity index (χ4v) is 2.64. The number of hydrogen-bond acceptors (Lipinski definition) is 8. The maximum Gasteiger partial charge on any atom is 0.353 e. The summed E-state index contributed by atoms with van der Waals surface area (Å²) < 4.78 is 5.29. The molecule has 21 heavy (non-hydrogen) atoms. The van der Waals surface area contributed by atoms with Crippen molar-refractivity contribution in [1.82, 2.24) is 15.3 Å². The highest BCUT2D eigenvalue weighted by molar-refractivity contribution is 5.71. The molecule has 3 rings (SSSR count). The Balaban J connectivity index is 1.97. The van der Waals surface area contributed by atoms with E-state index in [1.807, 2.05) is 9.80 Å². The maximum absolute atomic E-state index is 11.6. The number of anilines is 2. The van der Waals surface area contributed by atoms with E-state index in [1.165, 1.54) is 6.33 Å². The summed E-state index contributed by atoms with van der Waals surface area (Å²) in [5.74, 6) is 0.810. The van der Waals surface area contributed by atoms with Gasteiger partial charge >= 0.3 is 5.69 Å². The molecular formula is C12H18N6O3. The quantitative estimate of drug-likeness (QED) is 0.596. The monoisotopic (exact) mass is 294 g/mol. The zero-order chi connectivity index (χ0) is 14.7. The second kappa shape index (κ2) is 6.19. The zero-order valence-electron chi connectivity index (χ0n) is 11.7. The van der Waals surface area contributed by atoms with Gasteiger partial charge in [-0.3, -0.25) is 10.1 Å². The first-order chi connectivity index (χ1) is 10.3. The molecule has 0 spiro atoms. The fourth-order valence-electron chi connectivity index (χ4n) is 2.64. The molecule has 2 fully saturated rings. The van der Waals surface area contributed by atoms with Crippen LogP contribution in [0.1, 0.15) is 0 Å². The number of morpholine rings is 1. The predicted molar refractivity (Wildman–Crippen MR) is 76.8 cm³/mol. The van der Waals surface area contributed by atoms with Crippen LogP contribution in [0.4, 0.5) is 17.3 Å². The van der Waals surface area contributed by atoms with E-state index in [-0.39, 0.29) is 10.6 Å². The van der Waals surface area contributed by atoms with Crippen LogP contribution in [-0.4, -0.2) is 67.4 Å². The van der Waals surface area contributed by atoms with E-state index < -0.39 is 0 Å². The van der Waals surface area contributed by atoms with E-state index in [1.54, 1.807) is 0 Å². The zero-order valence-corrected chi connectivity index (χ0v) is 11.7. The number of rotatable bonds is 3. The molecule has 0 unspecified atom stereocenters. The number of nitrogens with one attached hydrogen (secondary N) is 1. The molecule has 0 radical (unpaired) electrons. The molecule has 1 aromatic rings. The van der Waals surface area contributed by atoms with Gasteiger partial charge in [-0.05, 0) is 0 Å². The van der Waals surface area contributed by atoms with Crippen molar-refractivity contribution in [2.45, 2.75) is 0 Å². The standard InChI is InChI=1S/C12H18N6O3/c19-18(20)10-11(16-3-1-13-2-4-16)14-9-15-12(10)17-5-7-21-8-6-17/h9,13H,1-8H2. The second-order valence-electron chi connectivity index (χ2n) is 4.96. The number of ether oxygens (including phenoxy) is 1. The van der Waals surface area contributed by atoms with E-state index >= 15 is 0 Å². The van der Waals surface area contributed by atoms with Crippen molar-refractivity contribution in [3.05, 3.63) is 16.4 Å². The first-order valence-electron chi connectivity index (χ1n) is 7.05. The van der Waals surface area contributed by atoms with Gasteiger partial charge in [-0.1, -0.05) is 0 Å². The number of piperazine rings is 1. The Hall–Kier alpha value is -2.00. The highest BCUT2D eigenvalue weighted by Crippen LogP contribution is 2.34. The van der Waals surface area contributed by atoms with Gasteiger partial charge in [0.1, 0.15) is 6.33 Å². The summed E-state index contributed by atoms with van der Waals surface area (Å²) in [7, 11) is 0. The van der Waals surface area contributed by atoms with E-state index in [9.17, 15) is 10.1 Å². The molecule has 0 saturated carbocycles. The normalized spacial score (nSPS) is 19.6. The van der Waals surface area contributed by atoms with Crippen LogP contribution in [0.15, 0.2) is 6.33 Å². The van der Waals surface area contributed by atoms with Crippen LogP contribution in [0.3, 0.4) is 0 Å². The van der Waals surface area contributed by atoms with Crippen molar-refractivity contribution in [3.63, 3.8) is 0 Å². The van der Waals surface area contributed by atoms with Gasteiger partial charge in [-0.2, -0.15) is 0 Å². The summed E-state index contributed by atoms with van der Waals surface area (Å²) in [5.41, 5.74) is 0.00120. The molecule has 0 aromatic carbocycles. The number of aromatic nitrogens is 2. The molecule has 0 bridgehead atoms. The summed E-state index contributed by atoms with van der Waals surface area (Å²) in [5, 5.41) is 14.8. The molecular weight excluding hydrogens is 276 g/mol. The van der Waals surface area contributed by atoms with Crippen molar-refractivity contribution in [1.29, 1.82) is 0 Å². The topological polar surface area (TPSA) is 96.7 Å². The minimum atomic E-state index is -0.373. The lowest BCUT2D eigenvalue weighted by Crippen LogP contribution is -2.44. The molecule has 3 heterocycles. The Bertz CT molecular complexity index is 477. The van der Waals surface area contributed by atoms with Crippen molar-refractivity contribution in [3.8, 4) is 0 Å². The SMILES string of the molecule is O=[N+]([O-])c1c(N2CCNCC2)ncnc1N1CCOCC1. The first-order valence-corrected chi connectivity index (χ1v) is 7.05. The summed E-state index contributed by atoms with van der Waals surface area (Å²) in [6.07, 6.45) is 1.41. The Kier molecular flexibility index (Phi) is 4.11. The van der Waals surface area contributed by atoms with Gasteiger partial charge in [-0.25, -0.2) is 9.97 Å². The summed E-state index contributed by atoms with van der Waals surface area (Å²) in [4.78, 5) is 23.3. The largest absolute Gasteiger partial charge is 0.378 e. The highest BCUT2D eigenvalue weighted by Gasteiger charge is 2.31. The molecule has 2 saturated heterocycles.